The number of halogens is 12. The second-order valence-corrected chi connectivity index (χ2v) is 17.7. The number of aromatic nitrogens is 6. The lowest BCUT2D eigenvalue weighted by Gasteiger charge is -2.30. The molecule has 1 amide bonds. The van der Waals surface area contributed by atoms with Gasteiger partial charge in [-0.25, -0.2) is 44.4 Å². The standard InChI is InChI=1S/C39H30ClF11N8O4S/c1-64(62,63)56-35-28-23(40)4-5-25(31(28)57(55-35)14-26(43)44)58-36(53-24-11-15(6-7-38(47,48)49)2-3-19(24)37(58)61)21(10-16-8-17(41)12-18(42)9-16)30(34(52)60)59-32-27(29(54-59)33(45)46)20-13-22(20)39(32,50)51/h2-5,8-9,11-12,20-22,26,30,33H,6-7,10,13-14H2,1H3,(H2,52,60)(H,55,56)/t20-,21-,22+,30?/m0/s1. The van der Waals surface area contributed by atoms with E-state index in [0.29, 0.717) is 21.6 Å². The van der Waals surface area contributed by atoms with Crippen LogP contribution in [-0.2, 0) is 40.1 Å². The van der Waals surface area contributed by atoms with Gasteiger partial charge in [0.2, 0.25) is 15.9 Å². The molecular weight excluding hydrogens is 921 g/mol. The third kappa shape index (κ3) is 8.13. The van der Waals surface area contributed by atoms with Crippen molar-refractivity contribution < 1.29 is 61.5 Å². The molecule has 8 rings (SSSR count). The Kier molecular flexibility index (Phi) is 11.0. The first-order valence-corrected chi connectivity index (χ1v) is 21.2. The van der Waals surface area contributed by atoms with Crippen LogP contribution < -0.4 is 16.0 Å². The fourth-order valence-electron chi connectivity index (χ4n) is 8.56. The van der Waals surface area contributed by atoms with Crippen LogP contribution in [0.5, 0.6) is 0 Å². The number of benzene rings is 3. The van der Waals surface area contributed by atoms with E-state index in [9.17, 15) is 52.7 Å². The van der Waals surface area contributed by atoms with Crippen molar-refractivity contribution in [1.82, 2.24) is 29.1 Å². The lowest BCUT2D eigenvalue weighted by atomic mass is 9.89. The Hall–Kier alpha value is -5.78. The number of sulfonamides is 1. The highest BCUT2D eigenvalue weighted by Crippen LogP contribution is 2.68. The van der Waals surface area contributed by atoms with Crippen molar-refractivity contribution in [2.75, 3.05) is 11.0 Å². The van der Waals surface area contributed by atoms with Crippen molar-refractivity contribution in [1.29, 1.82) is 0 Å². The first kappa shape index (κ1) is 44.8. The Morgan fingerprint density at radius 3 is 2.31 bits per heavy atom. The first-order valence-electron chi connectivity index (χ1n) is 18.9. The summed E-state index contributed by atoms with van der Waals surface area (Å²) in [6.07, 6.45) is -13.7. The fourth-order valence-corrected chi connectivity index (χ4v) is 9.29. The number of nitrogens with one attached hydrogen (secondary N) is 1. The Morgan fingerprint density at radius 2 is 1.70 bits per heavy atom. The van der Waals surface area contributed by atoms with Gasteiger partial charge in [-0.05, 0) is 72.7 Å². The quantitative estimate of drug-likeness (QED) is 0.104. The molecule has 0 radical (unpaired) electrons. The fraction of sp³-hybridized carbons (Fsp3) is 0.359. The van der Waals surface area contributed by atoms with E-state index < -0.39 is 153 Å². The van der Waals surface area contributed by atoms with Gasteiger partial charge >= 0.3 is 6.18 Å². The molecule has 340 valence electrons. The molecule has 64 heavy (non-hydrogen) atoms. The lowest BCUT2D eigenvalue weighted by Crippen LogP contribution is -2.39. The van der Waals surface area contributed by atoms with Crippen molar-refractivity contribution >= 4 is 55.2 Å². The molecule has 0 saturated heterocycles. The zero-order valence-corrected chi connectivity index (χ0v) is 34.0. The van der Waals surface area contributed by atoms with Crippen LogP contribution in [0.15, 0.2) is 53.3 Å². The maximum Gasteiger partial charge on any atom is 0.389 e. The molecule has 2 aliphatic carbocycles. The minimum absolute atomic E-state index is 0.0404. The van der Waals surface area contributed by atoms with E-state index in [4.69, 9.17) is 17.3 Å². The highest BCUT2D eigenvalue weighted by Gasteiger charge is 2.68. The van der Waals surface area contributed by atoms with Gasteiger partial charge in [-0.3, -0.25) is 23.6 Å². The van der Waals surface area contributed by atoms with Crippen LogP contribution in [-0.4, -0.2) is 62.3 Å². The van der Waals surface area contributed by atoms with Crippen LogP contribution in [0.4, 0.5) is 54.1 Å². The predicted molar refractivity (Wildman–Crippen MR) is 207 cm³/mol. The summed E-state index contributed by atoms with van der Waals surface area (Å²) in [4.78, 5) is 33.5. The summed E-state index contributed by atoms with van der Waals surface area (Å²) in [6, 6.07) is 4.96. The molecule has 12 nitrogen and oxygen atoms in total. The number of nitrogens with two attached hydrogens (primary N) is 1. The number of aryl methyl sites for hydroxylation is 1. The van der Waals surface area contributed by atoms with Crippen LogP contribution in [0.25, 0.3) is 27.5 Å². The van der Waals surface area contributed by atoms with E-state index in [0.717, 1.165) is 42.5 Å². The van der Waals surface area contributed by atoms with Crippen LogP contribution >= 0.6 is 11.6 Å². The second kappa shape index (κ2) is 15.7. The zero-order chi connectivity index (χ0) is 46.5. The van der Waals surface area contributed by atoms with Crippen LogP contribution in [0, 0.1) is 17.6 Å². The number of hydrogen-bond donors (Lipinski definition) is 2. The molecule has 1 unspecified atom stereocenters. The molecule has 2 aliphatic rings. The van der Waals surface area contributed by atoms with Gasteiger partial charge in [0.15, 0.2) is 5.82 Å². The minimum Gasteiger partial charge on any atom is -0.368 e. The minimum atomic E-state index is -4.65. The highest BCUT2D eigenvalue weighted by atomic mass is 35.5. The summed E-state index contributed by atoms with van der Waals surface area (Å²) < 4.78 is 188. The third-order valence-electron chi connectivity index (χ3n) is 11.1. The molecule has 1 fully saturated rings. The Bertz CT molecular complexity index is 3040. The average molecular weight is 951 g/mol. The number of rotatable bonds is 14. The molecular formula is C39H30ClF11N8O4S. The summed E-state index contributed by atoms with van der Waals surface area (Å²) in [5.74, 6) is -13.9. The molecule has 3 aromatic heterocycles. The summed E-state index contributed by atoms with van der Waals surface area (Å²) in [5, 5.41) is 6.67. The normalized spacial score (nSPS) is 17.9. The van der Waals surface area contributed by atoms with Crippen molar-refractivity contribution in [2.45, 2.75) is 75.1 Å². The van der Waals surface area contributed by atoms with Gasteiger partial charge in [0.25, 0.3) is 24.3 Å². The van der Waals surface area contributed by atoms with E-state index in [-0.39, 0.29) is 38.0 Å². The van der Waals surface area contributed by atoms with Crippen LogP contribution in [0.2, 0.25) is 5.02 Å². The smallest absolute Gasteiger partial charge is 0.368 e. The first-order chi connectivity index (χ1) is 29.8. The van der Waals surface area contributed by atoms with E-state index in [1.807, 2.05) is 4.72 Å². The molecule has 4 atom stereocenters. The SMILES string of the molecule is CS(=O)(=O)Nc1nn(CC(F)F)c2c(-n3c([C@@H](Cc4cc(F)cc(F)c4)C(C(N)=O)n4nc(C(F)F)c5c4C(F)(F)[C@@H]4C[C@H]54)nc4cc(CCC(F)(F)F)ccc4c3=O)ccc(Cl)c12. The van der Waals surface area contributed by atoms with E-state index in [1.54, 1.807) is 0 Å². The number of alkyl halides is 9. The molecule has 1 saturated carbocycles. The Morgan fingerprint density at radius 1 is 1.02 bits per heavy atom. The zero-order valence-electron chi connectivity index (χ0n) is 32.5. The molecule has 6 aromatic rings. The molecule has 25 heteroatoms. The van der Waals surface area contributed by atoms with Crippen molar-refractivity contribution in [3.05, 3.63) is 109 Å². The molecule has 0 spiro atoms. The number of carbonyl (C=O) groups is 1. The van der Waals surface area contributed by atoms with Gasteiger partial charge in [-0.1, -0.05) is 17.7 Å². The highest BCUT2D eigenvalue weighted by molar-refractivity contribution is 7.92. The number of carbonyl (C=O) groups excluding carboxylic acids is 1. The monoisotopic (exact) mass is 950 g/mol. The van der Waals surface area contributed by atoms with E-state index >= 15 is 13.6 Å². The van der Waals surface area contributed by atoms with Gasteiger partial charge in [0.05, 0.1) is 44.7 Å². The van der Waals surface area contributed by atoms with Gasteiger partial charge < -0.3 is 5.73 Å². The lowest BCUT2D eigenvalue weighted by molar-refractivity contribution is -0.134. The van der Waals surface area contributed by atoms with Crippen LogP contribution in [0.1, 0.15) is 71.0 Å². The van der Waals surface area contributed by atoms with Crippen molar-refractivity contribution in [2.24, 2.45) is 11.7 Å². The molecule has 3 heterocycles. The Balaban J connectivity index is 1.50. The summed E-state index contributed by atoms with van der Waals surface area (Å²) in [5.41, 5.74) is 0.148. The number of nitrogens with zero attached hydrogens (tertiary/aromatic N) is 6. The molecule has 0 bridgehead atoms. The maximum atomic E-state index is 16.2. The maximum absolute atomic E-state index is 16.2. The van der Waals surface area contributed by atoms with E-state index in [1.165, 1.54) is 0 Å². The summed E-state index contributed by atoms with van der Waals surface area (Å²) in [6.45, 7) is -1.29. The number of anilines is 1. The number of amides is 1. The number of hydrogen-bond acceptors (Lipinski definition) is 7. The largest absolute Gasteiger partial charge is 0.389 e. The molecule has 3 aromatic carbocycles. The average Bonchev–Trinajstić information content (AvgIpc) is 3.68. The summed E-state index contributed by atoms with van der Waals surface area (Å²) in [7, 11) is -4.23. The van der Waals surface area contributed by atoms with Gasteiger partial charge in [0.1, 0.15) is 41.4 Å². The van der Waals surface area contributed by atoms with Gasteiger partial charge in [0, 0.05) is 24.0 Å². The van der Waals surface area contributed by atoms with Gasteiger partial charge in [-0.15, -0.1) is 0 Å². The number of fused-ring (bicyclic) bond motifs is 5. The van der Waals surface area contributed by atoms with Crippen molar-refractivity contribution in [3.8, 4) is 5.69 Å². The van der Waals surface area contributed by atoms with Gasteiger partial charge in [-0.2, -0.15) is 32.1 Å². The van der Waals surface area contributed by atoms with Crippen molar-refractivity contribution in [3.63, 3.8) is 0 Å². The Labute approximate surface area is 357 Å². The van der Waals surface area contributed by atoms with Crippen LogP contribution in [0.3, 0.4) is 0 Å². The molecule has 3 N–H and O–H groups in total. The number of primary amides is 1. The topological polar surface area (TPSA) is 160 Å². The second-order valence-electron chi connectivity index (χ2n) is 15.6. The third-order valence-corrected chi connectivity index (χ3v) is 12.0. The predicted octanol–water partition coefficient (Wildman–Crippen LogP) is 8.19. The molecule has 0 aliphatic heterocycles. The summed E-state index contributed by atoms with van der Waals surface area (Å²) >= 11 is 6.51. The van der Waals surface area contributed by atoms with E-state index in [2.05, 4.69) is 15.2 Å².